The third-order valence-electron chi connectivity index (χ3n) is 3.54. The average molecular weight is 343 g/mol. The standard InChI is InChI=1S/C19H21NO5/c1-24-17-8-4-14(5-9-17)10-11-20-18(22)13-25-19(23)12-15-2-6-16(21)7-3-15/h2-9,21H,10-13H2,1H3,(H,20,22). The highest BCUT2D eigenvalue weighted by atomic mass is 16.5. The smallest absolute Gasteiger partial charge is 0.310 e. The van der Waals surface area contributed by atoms with Crippen LogP contribution in [-0.4, -0.2) is 37.2 Å². The van der Waals surface area contributed by atoms with Crippen LogP contribution in [0, 0.1) is 0 Å². The van der Waals surface area contributed by atoms with Gasteiger partial charge in [0.05, 0.1) is 13.5 Å². The molecule has 0 aliphatic carbocycles. The predicted molar refractivity (Wildman–Crippen MR) is 92.5 cm³/mol. The third-order valence-corrected chi connectivity index (χ3v) is 3.54. The molecule has 0 heterocycles. The third kappa shape index (κ3) is 6.55. The number of nitrogens with one attached hydrogen (secondary N) is 1. The summed E-state index contributed by atoms with van der Waals surface area (Å²) in [6.07, 6.45) is 0.733. The van der Waals surface area contributed by atoms with Crippen molar-refractivity contribution in [2.45, 2.75) is 12.8 Å². The zero-order chi connectivity index (χ0) is 18.1. The van der Waals surface area contributed by atoms with E-state index < -0.39 is 5.97 Å². The number of benzene rings is 2. The van der Waals surface area contributed by atoms with Gasteiger partial charge in [-0.3, -0.25) is 9.59 Å². The van der Waals surface area contributed by atoms with Crippen molar-refractivity contribution in [2.75, 3.05) is 20.3 Å². The number of phenols is 1. The molecule has 25 heavy (non-hydrogen) atoms. The van der Waals surface area contributed by atoms with Crippen LogP contribution in [0.5, 0.6) is 11.5 Å². The highest BCUT2D eigenvalue weighted by molar-refractivity contribution is 5.81. The van der Waals surface area contributed by atoms with Crippen molar-refractivity contribution in [2.24, 2.45) is 0 Å². The number of amides is 1. The van der Waals surface area contributed by atoms with Crippen LogP contribution >= 0.6 is 0 Å². The van der Waals surface area contributed by atoms with E-state index in [1.165, 1.54) is 12.1 Å². The fourth-order valence-corrected chi connectivity index (χ4v) is 2.17. The van der Waals surface area contributed by atoms with Gasteiger partial charge in [-0.1, -0.05) is 24.3 Å². The molecule has 6 nitrogen and oxygen atoms in total. The SMILES string of the molecule is COc1ccc(CCNC(=O)COC(=O)Cc2ccc(O)cc2)cc1. The number of rotatable bonds is 8. The van der Waals surface area contributed by atoms with Crippen LogP contribution in [0.4, 0.5) is 0 Å². The quantitative estimate of drug-likeness (QED) is 0.715. The van der Waals surface area contributed by atoms with E-state index in [4.69, 9.17) is 9.47 Å². The summed E-state index contributed by atoms with van der Waals surface area (Å²) < 4.78 is 10.0. The molecule has 0 bridgehead atoms. The van der Waals surface area contributed by atoms with Gasteiger partial charge in [0.15, 0.2) is 6.61 Å². The van der Waals surface area contributed by atoms with E-state index in [0.717, 1.165) is 11.3 Å². The van der Waals surface area contributed by atoms with Crippen LogP contribution in [0.3, 0.4) is 0 Å². The van der Waals surface area contributed by atoms with Crippen molar-refractivity contribution in [1.29, 1.82) is 0 Å². The van der Waals surface area contributed by atoms with Crippen LogP contribution in [0.1, 0.15) is 11.1 Å². The number of hydrogen-bond acceptors (Lipinski definition) is 5. The van der Waals surface area contributed by atoms with E-state index >= 15 is 0 Å². The Labute approximate surface area is 146 Å². The molecule has 0 spiro atoms. The van der Waals surface area contributed by atoms with Gasteiger partial charge in [0.2, 0.25) is 0 Å². The fourth-order valence-electron chi connectivity index (χ4n) is 2.17. The van der Waals surface area contributed by atoms with Crippen molar-refractivity contribution >= 4 is 11.9 Å². The Morgan fingerprint density at radius 2 is 1.64 bits per heavy atom. The van der Waals surface area contributed by atoms with Crippen molar-refractivity contribution in [1.82, 2.24) is 5.32 Å². The summed E-state index contributed by atoms with van der Waals surface area (Å²) in [6.45, 7) is 0.153. The molecule has 2 aromatic carbocycles. The van der Waals surface area contributed by atoms with Crippen LogP contribution in [-0.2, 0) is 27.2 Å². The Morgan fingerprint density at radius 1 is 1.00 bits per heavy atom. The van der Waals surface area contributed by atoms with E-state index in [-0.39, 0.29) is 24.7 Å². The number of carbonyl (C=O) groups is 2. The molecule has 6 heteroatoms. The van der Waals surface area contributed by atoms with E-state index in [1.54, 1.807) is 19.2 Å². The molecule has 0 saturated heterocycles. The summed E-state index contributed by atoms with van der Waals surface area (Å²) in [7, 11) is 1.61. The first kappa shape index (κ1) is 18.3. The molecule has 0 unspecified atom stereocenters. The minimum atomic E-state index is -0.490. The lowest BCUT2D eigenvalue weighted by molar-refractivity contribution is -0.147. The molecule has 2 aromatic rings. The van der Waals surface area contributed by atoms with Crippen LogP contribution in [0.25, 0.3) is 0 Å². The number of esters is 1. The van der Waals surface area contributed by atoms with E-state index in [1.807, 2.05) is 24.3 Å². The van der Waals surface area contributed by atoms with Gasteiger partial charge >= 0.3 is 5.97 Å². The maximum Gasteiger partial charge on any atom is 0.310 e. The van der Waals surface area contributed by atoms with E-state index in [2.05, 4.69) is 5.32 Å². The number of phenolic OH excluding ortho intramolecular Hbond substituents is 1. The molecular weight excluding hydrogens is 322 g/mol. The van der Waals surface area contributed by atoms with Crippen molar-refractivity contribution in [3.05, 3.63) is 59.7 Å². The van der Waals surface area contributed by atoms with Crippen molar-refractivity contribution < 1.29 is 24.2 Å². The summed E-state index contributed by atoms with van der Waals surface area (Å²) in [4.78, 5) is 23.4. The minimum absolute atomic E-state index is 0.0550. The Kier molecular flexibility index (Phi) is 6.83. The number of methoxy groups -OCH3 is 1. The number of carbonyl (C=O) groups excluding carboxylic acids is 2. The molecule has 0 fully saturated rings. The van der Waals surface area contributed by atoms with Gasteiger partial charge < -0.3 is 19.9 Å². The van der Waals surface area contributed by atoms with E-state index in [9.17, 15) is 14.7 Å². The zero-order valence-electron chi connectivity index (χ0n) is 14.0. The highest BCUT2D eigenvalue weighted by Crippen LogP contribution is 2.11. The monoisotopic (exact) mass is 343 g/mol. The second kappa shape index (κ2) is 9.32. The van der Waals surface area contributed by atoms with Crippen LogP contribution < -0.4 is 10.1 Å². The highest BCUT2D eigenvalue weighted by Gasteiger charge is 2.08. The Hall–Kier alpha value is -3.02. The first-order valence-corrected chi connectivity index (χ1v) is 7.90. The largest absolute Gasteiger partial charge is 0.508 e. The molecule has 2 N–H and O–H groups in total. The van der Waals surface area contributed by atoms with Gasteiger partial charge in [0.1, 0.15) is 11.5 Å². The minimum Gasteiger partial charge on any atom is -0.508 e. The van der Waals surface area contributed by atoms with Crippen molar-refractivity contribution in [3.63, 3.8) is 0 Å². The maximum atomic E-state index is 11.7. The predicted octanol–water partition coefficient (Wildman–Crippen LogP) is 1.85. The second-order valence-corrected chi connectivity index (χ2v) is 5.45. The lowest BCUT2D eigenvalue weighted by atomic mass is 10.1. The molecule has 132 valence electrons. The molecule has 1 amide bonds. The van der Waals surface area contributed by atoms with Gasteiger partial charge in [-0.2, -0.15) is 0 Å². The molecule has 0 atom stereocenters. The Bertz CT molecular complexity index is 695. The molecule has 0 radical (unpaired) electrons. The summed E-state index contributed by atoms with van der Waals surface area (Å²) in [5.41, 5.74) is 1.79. The Balaban J connectivity index is 1.64. The first-order valence-electron chi connectivity index (χ1n) is 7.90. The zero-order valence-corrected chi connectivity index (χ0v) is 14.0. The molecular formula is C19H21NO5. The van der Waals surface area contributed by atoms with Crippen LogP contribution in [0.2, 0.25) is 0 Å². The van der Waals surface area contributed by atoms with Gasteiger partial charge in [-0.05, 0) is 41.8 Å². The lowest BCUT2D eigenvalue weighted by Gasteiger charge is -2.07. The number of hydrogen-bond donors (Lipinski definition) is 2. The molecule has 0 aliphatic heterocycles. The fraction of sp³-hybridized carbons (Fsp3) is 0.263. The molecule has 0 saturated carbocycles. The van der Waals surface area contributed by atoms with Gasteiger partial charge in [-0.15, -0.1) is 0 Å². The summed E-state index contributed by atoms with van der Waals surface area (Å²) >= 11 is 0. The lowest BCUT2D eigenvalue weighted by Crippen LogP contribution is -2.30. The Morgan fingerprint density at radius 3 is 2.28 bits per heavy atom. The van der Waals surface area contributed by atoms with Gasteiger partial charge in [0.25, 0.3) is 5.91 Å². The first-order chi connectivity index (χ1) is 12.1. The number of ether oxygens (including phenoxy) is 2. The van der Waals surface area contributed by atoms with E-state index in [0.29, 0.717) is 18.5 Å². The topological polar surface area (TPSA) is 84.9 Å². The maximum absolute atomic E-state index is 11.7. The molecule has 0 aliphatic rings. The van der Waals surface area contributed by atoms with Crippen LogP contribution in [0.15, 0.2) is 48.5 Å². The van der Waals surface area contributed by atoms with Gasteiger partial charge in [-0.25, -0.2) is 0 Å². The average Bonchev–Trinajstić information content (AvgIpc) is 2.62. The molecule has 2 rings (SSSR count). The summed E-state index contributed by atoms with van der Waals surface area (Å²) in [6, 6.07) is 13.8. The number of aromatic hydroxyl groups is 1. The summed E-state index contributed by atoms with van der Waals surface area (Å²) in [5.74, 6) is 0.0882. The normalized spacial score (nSPS) is 10.1. The van der Waals surface area contributed by atoms with Gasteiger partial charge in [0, 0.05) is 6.54 Å². The summed E-state index contributed by atoms with van der Waals surface area (Å²) in [5, 5.41) is 11.9. The molecule has 0 aromatic heterocycles. The second-order valence-electron chi connectivity index (χ2n) is 5.45. The van der Waals surface area contributed by atoms with Crippen molar-refractivity contribution in [3.8, 4) is 11.5 Å².